The summed E-state index contributed by atoms with van der Waals surface area (Å²) >= 11 is 0. The molecule has 0 amide bonds. The van der Waals surface area contributed by atoms with Crippen molar-refractivity contribution in [2.45, 2.75) is 18.7 Å². The van der Waals surface area contributed by atoms with Crippen molar-refractivity contribution in [3.05, 3.63) is 59.7 Å². The molecule has 0 bridgehead atoms. The van der Waals surface area contributed by atoms with Crippen LogP contribution in [0.4, 0.5) is 5.69 Å². The number of sulfonamides is 1. The topological polar surface area (TPSA) is 40.6 Å². The molecule has 2 aromatic rings. The summed E-state index contributed by atoms with van der Waals surface area (Å²) in [6.45, 7) is 4.80. The van der Waals surface area contributed by atoms with Gasteiger partial charge in [0.05, 0.1) is 10.6 Å². The van der Waals surface area contributed by atoms with E-state index in [0.717, 1.165) is 11.1 Å². The highest BCUT2D eigenvalue weighted by atomic mass is 32.2. The van der Waals surface area contributed by atoms with Gasteiger partial charge >= 0.3 is 0 Å². The average Bonchev–Trinajstić information content (AvgIpc) is 2.50. The lowest BCUT2D eigenvalue weighted by molar-refractivity contribution is 0.419. The molecule has 0 atom stereocenters. The third-order valence-corrected chi connectivity index (χ3v) is 5.68. The number of nitrogens with zero attached hydrogens (tertiary/aromatic N) is 2. The molecule has 23 heavy (non-hydrogen) atoms. The van der Waals surface area contributed by atoms with Gasteiger partial charge in [0.15, 0.2) is 0 Å². The van der Waals surface area contributed by atoms with Crippen LogP contribution in [0.2, 0.25) is 0 Å². The summed E-state index contributed by atoms with van der Waals surface area (Å²) in [5.74, 6) is 0. The molecule has 0 saturated heterocycles. The molecule has 0 unspecified atom stereocenters. The molecule has 0 fully saturated rings. The molecular formula is C18H24N2O2S. The van der Waals surface area contributed by atoms with Crippen LogP contribution >= 0.6 is 0 Å². The maximum Gasteiger partial charge on any atom is 0.264 e. The molecule has 0 heterocycles. The van der Waals surface area contributed by atoms with Gasteiger partial charge in [-0.1, -0.05) is 30.3 Å². The van der Waals surface area contributed by atoms with Gasteiger partial charge in [-0.15, -0.1) is 0 Å². The standard InChI is InChI=1S/C18H24N2O2S/c1-15-10-11-16(2)18(14-15)23(21,22)20(13-12-19(3)4)17-8-6-5-7-9-17/h5-11,14H,12-13H2,1-4H3. The van der Waals surface area contributed by atoms with Gasteiger partial charge in [0.1, 0.15) is 0 Å². The molecule has 0 aromatic heterocycles. The van der Waals surface area contributed by atoms with Crippen molar-refractivity contribution < 1.29 is 8.42 Å². The summed E-state index contributed by atoms with van der Waals surface area (Å²) in [6.07, 6.45) is 0. The van der Waals surface area contributed by atoms with Crippen LogP contribution in [0.15, 0.2) is 53.4 Å². The van der Waals surface area contributed by atoms with Crippen LogP contribution in [-0.4, -0.2) is 40.5 Å². The van der Waals surface area contributed by atoms with Crippen molar-refractivity contribution in [3.8, 4) is 0 Å². The third kappa shape index (κ3) is 4.12. The molecule has 124 valence electrons. The lowest BCUT2D eigenvalue weighted by atomic mass is 10.2. The molecule has 0 radical (unpaired) electrons. The van der Waals surface area contributed by atoms with E-state index >= 15 is 0 Å². The van der Waals surface area contributed by atoms with Crippen LogP contribution in [0, 0.1) is 13.8 Å². The van der Waals surface area contributed by atoms with Crippen LogP contribution in [0.25, 0.3) is 0 Å². The molecule has 5 heteroatoms. The van der Waals surface area contributed by atoms with Crippen LogP contribution in [0.3, 0.4) is 0 Å². The van der Waals surface area contributed by atoms with Gasteiger partial charge in [0, 0.05) is 13.1 Å². The highest BCUT2D eigenvalue weighted by molar-refractivity contribution is 7.92. The Hall–Kier alpha value is -1.85. The van der Waals surface area contributed by atoms with E-state index in [2.05, 4.69) is 0 Å². The Morgan fingerprint density at radius 2 is 1.57 bits per heavy atom. The van der Waals surface area contributed by atoms with E-state index in [0.29, 0.717) is 23.7 Å². The van der Waals surface area contributed by atoms with E-state index in [1.807, 2.05) is 75.3 Å². The van der Waals surface area contributed by atoms with Crippen LogP contribution in [-0.2, 0) is 10.0 Å². The van der Waals surface area contributed by atoms with Crippen LogP contribution < -0.4 is 4.31 Å². The monoisotopic (exact) mass is 332 g/mol. The fourth-order valence-electron chi connectivity index (χ4n) is 2.38. The highest BCUT2D eigenvalue weighted by Gasteiger charge is 2.26. The molecule has 0 spiro atoms. The van der Waals surface area contributed by atoms with Gasteiger partial charge in [-0.25, -0.2) is 8.42 Å². The van der Waals surface area contributed by atoms with E-state index in [9.17, 15) is 8.42 Å². The average molecular weight is 332 g/mol. The first kappa shape index (κ1) is 17.5. The minimum Gasteiger partial charge on any atom is -0.308 e. The second-order valence-corrected chi connectivity index (χ2v) is 7.82. The second kappa shape index (κ2) is 7.15. The van der Waals surface area contributed by atoms with E-state index in [-0.39, 0.29) is 0 Å². The van der Waals surface area contributed by atoms with E-state index in [1.165, 1.54) is 4.31 Å². The predicted molar refractivity (Wildman–Crippen MR) is 95.4 cm³/mol. The van der Waals surface area contributed by atoms with Crippen molar-refractivity contribution >= 4 is 15.7 Å². The van der Waals surface area contributed by atoms with Crippen molar-refractivity contribution in [2.24, 2.45) is 0 Å². The fourth-order valence-corrected chi connectivity index (χ4v) is 4.15. The van der Waals surface area contributed by atoms with Gasteiger partial charge in [0.2, 0.25) is 0 Å². The number of hydrogen-bond donors (Lipinski definition) is 0. The Morgan fingerprint density at radius 1 is 0.913 bits per heavy atom. The Kier molecular flexibility index (Phi) is 5.44. The number of rotatable bonds is 6. The first-order valence-corrected chi connectivity index (χ1v) is 9.06. The second-order valence-electron chi connectivity index (χ2n) is 5.98. The molecule has 0 aliphatic carbocycles. The zero-order valence-electron chi connectivity index (χ0n) is 14.2. The Morgan fingerprint density at radius 3 is 2.17 bits per heavy atom. The lowest BCUT2D eigenvalue weighted by Crippen LogP contribution is -2.37. The van der Waals surface area contributed by atoms with Crippen molar-refractivity contribution in [3.63, 3.8) is 0 Å². The van der Waals surface area contributed by atoms with E-state index in [1.54, 1.807) is 6.07 Å². The molecular weight excluding hydrogens is 308 g/mol. The summed E-state index contributed by atoms with van der Waals surface area (Å²) in [5, 5.41) is 0. The maximum absolute atomic E-state index is 13.2. The van der Waals surface area contributed by atoms with E-state index < -0.39 is 10.0 Å². The first-order chi connectivity index (χ1) is 10.8. The molecule has 0 N–H and O–H groups in total. The highest BCUT2D eigenvalue weighted by Crippen LogP contribution is 2.26. The molecule has 2 rings (SSSR count). The van der Waals surface area contributed by atoms with Crippen molar-refractivity contribution in [1.82, 2.24) is 4.90 Å². The quantitative estimate of drug-likeness (QED) is 0.816. The molecule has 0 aliphatic rings. The van der Waals surface area contributed by atoms with Gasteiger partial charge in [-0.3, -0.25) is 4.31 Å². The largest absolute Gasteiger partial charge is 0.308 e. The SMILES string of the molecule is Cc1ccc(C)c(S(=O)(=O)N(CCN(C)C)c2ccccc2)c1. The number of likely N-dealkylation sites (N-methyl/N-ethyl adjacent to an activating group) is 1. The number of benzene rings is 2. The summed E-state index contributed by atoms with van der Waals surface area (Å²) in [4.78, 5) is 2.36. The normalized spacial score (nSPS) is 11.7. The molecule has 0 aliphatic heterocycles. The Labute approximate surface area is 139 Å². The minimum atomic E-state index is -3.60. The van der Waals surface area contributed by atoms with Crippen molar-refractivity contribution in [1.29, 1.82) is 0 Å². The number of anilines is 1. The summed E-state index contributed by atoms with van der Waals surface area (Å²) < 4.78 is 27.9. The molecule has 4 nitrogen and oxygen atoms in total. The lowest BCUT2D eigenvalue weighted by Gasteiger charge is -2.26. The minimum absolute atomic E-state index is 0.375. The molecule has 0 saturated carbocycles. The number of hydrogen-bond acceptors (Lipinski definition) is 3. The summed E-state index contributed by atoms with van der Waals surface area (Å²) in [6, 6.07) is 14.8. The predicted octanol–water partition coefficient (Wildman–Crippen LogP) is 3.06. The zero-order valence-corrected chi connectivity index (χ0v) is 15.0. The number of aryl methyl sites for hydroxylation is 2. The number of para-hydroxylation sites is 1. The van der Waals surface area contributed by atoms with Gasteiger partial charge in [-0.05, 0) is 57.3 Å². The van der Waals surface area contributed by atoms with Crippen molar-refractivity contribution in [2.75, 3.05) is 31.5 Å². The third-order valence-electron chi connectivity index (χ3n) is 3.71. The smallest absolute Gasteiger partial charge is 0.264 e. The van der Waals surface area contributed by atoms with Gasteiger partial charge in [0.25, 0.3) is 10.0 Å². The van der Waals surface area contributed by atoms with Gasteiger partial charge < -0.3 is 4.90 Å². The first-order valence-electron chi connectivity index (χ1n) is 7.62. The van der Waals surface area contributed by atoms with Crippen LogP contribution in [0.1, 0.15) is 11.1 Å². The van der Waals surface area contributed by atoms with Gasteiger partial charge in [-0.2, -0.15) is 0 Å². The van der Waals surface area contributed by atoms with Crippen LogP contribution in [0.5, 0.6) is 0 Å². The Balaban J connectivity index is 2.50. The Bertz CT molecular complexity index is 756. The fraction of sp³-hybridized carbons (Fsp3) is 0.333. The molecule has 2 aromatic carbocycles. The zero-order chi connectivity index (χ0) is 17.0. The maximum atomic E-state index is 13.2. The summed E-state index contributed by atoms with van der Waals surface area (Å²) in [5.41, 5.74) is 2.39. The van der Waals surface area contributed by atoms with E-state index in [4.69, 9.17) is 0 Å². The summed E-state index contributed by atoms with van der Waals surface area (Å²) in [7, 11) is 0.280.